The maximum Gasteiger partial charge on any atom is 0.266 e. The van der Waals surface area contributed by atoms with E-state index in [1.807, 2.05) is 31.2 Å². The molecule has 1 aromatic heterocycles. The Morgan fingerprint density at radius 2 is 1.91 bits per heavy atom. The highest BCUT2D eigenvalue weighted by Crippen LogP contribution is 2.19. The monoisotopic (exact) mass is 315 g/mol. The number of nitrogens with one attached hydrogen (secondary N) is 1. The van der Waals surface area contributed by atoms with Crippen molar-refractivity contribution in [3.8, 4) is 17.0 Å². The van der Waals surface area contributed by atoms with Gasteiger partial charge in [0.05, 0.1) is 18.8 Å². The Labute approximate surface area is 135 Å². The number of carbonyl (C=O) groups excluding carboxylic acids is 1. The molecule has 1 amide bonds. The van der Waals surface area contributed by atoms with Gasteiger partial charge in [0, 0.05) is 24.6 Å². The first-order chi connectivity index (χ1) is 11.1. The van der Waals surface area contributed by atoms with E-state index in [-0.39, 0.29) is 11.5 Å². The SMILES string of the molecule is CCOc1ccc(-c2ccc(=O)n(CCNC(=O)CC)n2)cc1. The summed E-state index contributed by atoms with van der Waals surface area (Å²) in [6.45, 7) is 5.06. The van der Waals surface area contributed by atoms with E-state index >= 15 is 0 Å². The van der Waals surface area contributed by atoms with Crippen molar-refractivity contribution in [1.29, 1.82) is 0 Å². The van der Waals surface area contributed by atoms with E-state index < -0.39 is 0 Å². The molecule has 0 aliphatic heterocycles. The van der Waals surface area contributed by atoms with Gasteiger partial charge in [0.25, 0.3) is 5.56 Å². The Morgan fingerprint density at radius 1 is 1.17 bits per heavy atom. The summed E-state index contributed by atoms with van der Waals surface area (Å²) < 4.78 is 6.77. The number of benzene rings is 1. The van der Waals surface area contributed by atoms with Crippen molar-refractivity contribution in [2.45, 2.75) is 26.8 Å². The standard InChI is InChI=1S/C17H21N3O3/c1-3-16(21)18-11-12-20-17(22)10-9-15(19-20)13-5-7-14(8-6-13)23-4-2/h5-10H,3-4,11-12H2,1-2H3,(H,18,21). The van der Waals surface area contributed by atoms with Crippen LogP contribution in [-0.4, -0.2) is 28.8 Å². The number of ether oxygens (including phenoxy) is 1. The van der Waals surface area contributed by atoms with Crippen molar-refractivity contribution in [2.75, 3.05) is 13.2 Å². The molecule has 0 radical (unpaired) electrons. The summed E-state index contributed by atoms with van der Waals surface area (Å²) in [5.41, 5.74) is 1.42. The maximum absolute atomic E-state index is 11.9. The van der Waals surface area contributed by atoms with Crippen LogP contribution in [0.3, 0.4) is 0 Å². The van der Waals surface area contributed by atoms with Crippen LogP contribution in [0.2, 0.25) is 0 Å². The zero-order valence-corrected chi connectivity index (χ0v) is 13.4. The molecule has 0 aliphatic carbocycles. The van der Waals surface area contributed by atoms with Crippen LogP contribution in [-0.2, 0) is 11.3 Å². The first kappa shape index (κ1) is 16.7. The quantitative estimate of drug-likeness (QED) is 0.846. The van der Waals surface area contributed by atoms with Gasteiger partial charge in [-0.1, -0.05) is 6.92 Å². The lowest BCUT2D eigenvalue weighted by atomic mass is 10.1. The largest absolute Gasteiger partial charge is 0.494 e. The number of hydrogen-bond donors (Lipinski definition) is 1. The molecule has 1 heterocycles. The van der Waals surface area contributed by atoms with Crippen molar-refractivity contribution in [3.63, 3.8) is 0 Å². The van der Waals surface area contributed by atoms with Crippen LogP contribution in [0.25, 0.3) is 11.3 Å². The van der Waals surface area contributed by atoms with E-state index in [9.17, 15) is 9.59 Å². The molecule has 0 spiro atoms. The van der Waals surface area contributed by atoms with E-state index in [0.717, 1.165) is 11.3 Å². The van der Waals surface area contributed by atoms with Crippen LogP contribution in [0, 0.1) is 0 Å². The van der Waals surface area contributed by atoms with Crippen molar-refractivity contribution in [1.82, 2.24) is 15.1 Å². The number of aromatic nitrogens is 2. The molecule has 2 rings (SSSR count). The van der Waals surface area contributed by atoms with Gasteiger partial charge in [-0.3, -0.25) is 9.59 Å². The third kappa shape index (κ3) is 4.67. The van der Waals surface area contributed by atoms with Gasteiger partial charge in [-0.05, 0) is 37.3 Å². The highest BCUT2D eigenvalue weighted by atomic mass is 16.5. The molecule has 0 atom stereocenters. The Hall–Kier alpha value is -2.63. The lowest BCUT2D eigenvalue weighted by Crippen LogP contribution is -2.31. The first-order valence-corrected chi connectivity index (χ1v) is 7.72. The van der Waals surface area contributed by atoms with Gasteiger partial charge in [0.1, 0.15) is 5.75 Å². The fourth-order valence-corrected chi connectivity index (χ4v) is 2.08. The van der Waals surface area contributed by atoms with Crippen LogP contribution < -0.4 is 15.6 Å². The number of amides is 1. The molecule has 1 aromatic carbocycles. The number of nitrogens with zero attached hydrogens (tertiary/aromatic N) is 2. The number of carbonyl (C=O) groups is 1. The molecule has 122 valence electrons. The summed E-state index contributed by atoms with van der Waals surface area (Å²) in [7, 11) is 0. The van der Waals surface area contributed by atoms with Crippen LogP contribution in [0.1, 0.15) is 20.3 Å². The second-order valence-electron chi connectivity index (χ2n) is 4.94. The van der Waals surface area contributed by atoms with Gasteiger partial charge in [-0.2, -0.15) is 5.10 Å². The van der Waals surface area contributed by atoms with Gasteiger partial charge in [0.2, 0.25) is 5.91 Å². The normalized spacial score (nSPS) is 10.3. The second-order valence-corrected chi connectivity index (χ2v) is 4.94. The smallest absolute Gasteiger partial charge is 0.266 e. The third-order valence-electron chi connectivity index (χ3n) is 3.29. The average Bonchev–Trinajstić information content (AvgIpc) is 2.57. The molecule has 6 heteroatoms. The van der Waals surface area contributed by atoms with Crippen molar-refractivity contribution in [3.05, 3.63) is 46.8 Å². The predicted molar refractivity (Wildman–Crippen MR) is 88.4 cm³/mol. The number of rotatable bonds is 7. The minimum absolute atomic E-state index is 0.0410. The van der Waals surface area contributed by atoms with E-state index in [2.05, 4.69) is 10.4 Å². The molecule has 0 bridgehead atoms. The summed E-state index contributed by atoms with van der Waals surface area (Å²) in [6.07, 6.45) is 0.425. The molecule has 0 saturated heterocycles. The molecule has 0 saturated carbocycles. The Bertz CT molecular complexity index is 708. The maximum atomic E-state index is 11.9. The van der Waals surface area contributed by atoms with Gasteiger partial charge in [-0.25, -0.2) is 4.68 Å². The highest BCUT2D eigenvalue weighted by Gasteiger charge is 2.05. The molecule has 0 fully saturated rings. The minimum Gasteiger partial charge on any atom is -0.494 e. The molecule has 0 unspecified atom stereocenters. The van der Waals surface area contributed by atoms with E-state index in [4.69, 9.17) is 4.74 Å². The average molecular weight is 315 g/mol. The van der Waals surface area contributed by atoms with Crippen LogP contribution in [0.5, 0.6) is 5.75 Å². The molecule has 1 N–H and O–H groups in total. The third-order valence-corrected chi connectivity index (χ3v) is 3.29. The lowest BCUT2D eigenvalue weighted by Gasteiger charge is -2.09. The molecule has 6 nitrogen and oxygen atoms in total. The van der Waals surface area contributed by atoms with Gasteiger partial charge < -0.3 is 10.1 Å². The Morgan fingerprint density at radius 3 is 2.57 bits per heavy atom. The van der Waals surface area contributed by atoms with Gasteiger partial charge >= 0.3 is 0 Å². The first-order valence-electron chi connectivity index (χ1n) is 7.72. The molecule has 2 aromatic rings. The van der Waals surface area contributed by atoms with Crippen LogP contribution in [0.4, 0.5) is 0 Å². The van der Waals surface area contributed by atoms with Crippen molar-refractivity contribution < 1.29 is 9.53 Å². The van der Waals surface area contributed by atoms with Crippen molar-refractivity contribution >= 4 is 5.91 Å². The molecular weight excluding hydrogens is 294 g/mol. The summed E-state index contributed by atoms with van der Waals surface area (Å²) in [5.74, 6) is 0.757. The number of hydrogen-bond acceptors (Lipinski definition) is 4. The molecular formula is C17H21N3O3. The second kappa shape index (κ2) is 8.12. The highest BCUT2D eigenvalue weighted by molar-refractivity contribution is 5.75. The molecule has 0 aliphatic rings. The fourth-order valence-electron chi connectivity index (χ4n) is 2.08. The summed E-state index contributed by atoms with van der Waals surface area (Å²) >= 11 is 0. The van der Waals surface area contributed by atoms with Gasteiger partial charge in [0.15, 0.2) is 0 Å². The minimum atomic E-state index is -0.189. The predicted octanol–water partition coefficient (Wildman–Crippen LogP) is 1.84. The zero-order chi connectivity index (χ0) is 16.7. The topological polar surface area (TPSA) is 73.2 Å². The van der Waals surface area contributed by atoms with Crippen LogP contribution in [0.15, 0.2) is 41.2 Å². The van der Waals surface area contributed by atoms with Gasteiger partial charge in [-0.15, -0.1) is 0 Å². The van der Waals surface area contributed by atoms with Crippen molar-refractivity contribution in [2.24, 2.45) is 0 Å². The Kier molecular flexibility index (Phi) is 5.91. The van der Waals surface area contributed by atoms with E-state index in [1.54, 1.807) is 13.0 Å². The lowest BCUT2D eigenvalue weighted by molar-refractivity contribution is -0.120. The van der Waals surface area contributed by atoms with E-state index in [1.165, 1.54) is 10.7 Å². The van der Waals surface area contributed by atoms with E-state index in [0.29, 0.717) is 31.8 Å². The Balaban J connectivity index is 2.12. The molecule has 23 heavy (non-hydrogen) atoms. The summed E-state index contributed by atoms with van der Waals surface area (Å²) in [6, 6.07) is 10.7. The summed E-state index contributed by atoms with van der Waals surface area (Å²) in [4.78, 5) is 23.1. The zero-order valence-electron chi connectivity index (χ0n) is 13.4. The summed E-state index contributed by atoms with van der Waals surface area (Å²) in [5, 5.41) is 7.09. The fraction of sp³-hybridized carbons (Fsp3) is 0.353. The van der Waals surface area contributed by atoms with Crippen LogP contribution >= 0.6 is 0 Å².